The summed E-state index contributed by atoms with van der Waals surface area (Å²) in [5, 5.41) is 0. The molecule has 30 heavy (non-hydrogen) atoms. The number of ether oxygens (including phenoxy) is 3. The Morgan fingerprint density at radius 2 is 1.37 bits per heavy atom. The lowest BCUT2D eigenvalue weighted by atomic mass is 10.1. The normalized spacial score (nSPS) is 10.9. The van der Waals surface area contributed by atoms with Crippen LogP contribution in [0.5, 0.6) is 11.5 Å². The second kappa shape index (κ2) is 8.87. The first-order chi connectivity index (χ1) is 14.4. The first-order valence-corrected chi connectivity index (χ1v) is 10.4. The number of benzene rings is 3. The fourth-order valence-corrected chi connectivity index (χ4v) is 3.97. The first kappa shape index (κ1) is 21.2. The van der Waals surface area contributed by atoms with Crippen molar-refractivity contribution < 1.29 is 27.4 Å². The Bertz CT molecular complexity index is 1140. The highest BCUT2D eigenvalue weighted by atomic mass is 32.2. The van der Waals surface area contributed by atoms with E-state index in [0.717, 1.165) is 11.1 Å². The third-order valence-electron chi connectivity index (χ3n) is 4.45. The second-order valence-corrected chi connectivity index (χ2v) is 7.92. The monoisotopic (exact) mass is 427 g/mol. The van der Waals surface area contributed by atoms with E-state index in [1.807, 2.05) is 30.3 Å². The highest BCUT2D eigenvalue weighted by Gasteiger charge is 2.22. The van der Waals surface area contributed by atoms with Gasteiger partial charge >= 0.3 is 5.97 Å². The molecule has 3 aromatic carbocycles. The third kappa shape index (κ3) is 4.38. The maximum Gasteiger partial charge on any atom is 0.340 e. The van der Waals surface area contributed by atoms with Gasteiger partial charge in [-0.3, -0.25) is 4.72 Å². The number of hydrogen-bond donors (Lipinski definition) is 1. The van der Waals surface area contributed by atoms with Gasteiger partial charge in [-0.15, -0.1) is 0 Å². The summed E-state index contributed by atoms with van der Waals surface area (Å²) in [6.45, 7) is 0. The zero-order valence-corrected chi connectivity index (χ0v) is 17.5. The maximum absolute atomic E-state index is 12.9. The highest BCUT2D eigenvalue weighted by Crippen LogP contribution is 2.35. The van der Waals surface area contributed by atoms with Crippen molar-refractivity contribution in [2.75, 3.05) is 26.1 Å². The molecule has 0 aliphatic carbocycles. The van der Waals surface area contributed by atoms with Crippen molar-refractivity contribution in [2.24, 2.45) is 0 Å². The fourth-order valence-electron chi connectivity index (χ4n) is 2.90. The summed E-state index contributed by atoms with van der Waals surface area (Å²) < 4.78 is 43.5. The Morgan fingerprint density at radius 1 is 0.800 bits per heavy atom. The SMILES string of the molecule is COC(=O)c1cc(OC)c(OC)cc1NS(=O)(=O)c1ccc(-c2ccccc2)cc1. The van der Waals surface area contributed by atoms with Gasteiger partial charge in [0.15, 0.2) is 11.5 Å². The van der Waals surface area contributed by atoms with Gasteiger partial charge in [0.05, 0.1) is 37.5 Å². The summed E-state index contributed by atoms with van der Waals surface area (Å²) in [5.74, 6) is -0.177. The van der Waals surface area contributed by atoms with Crippen molar-refractivity contribution in [2.45, 2.75) is 4.90 Å². The molecular formula is C22H21NO6S. The number of anilines is 1. The van der Waals surface area contributed by atoms with Gasteiger partial charge in [-0.25, -0.2) is 13.2 Å². The number of rotatable bonds is 7. The number of carbonyl (C=O) groups is 1. The summed E-state index contributed by atoms with van der Waals surface area (Å²) in [6.07, 6.45) is 0. The van der Waals surface area contributed by atoms with Crippen LogP contribution in [-0.2, 0) is 14.8 Å². The Balaban J connectivity index is 1.97. The smallest absolute Gasteiger partial charge is 0.340 e. The van der Waals surface area contributed by atoms with E-state index in [1.165, 1.54) is 45.6 Å². The molecular weight excluding hydrogens is 406 g/mol. The van der Waals surface area contributed by atoms with Gasteiger partial charge in [0, 0.05) is 12.1 Å². The average Bonchev–Trinajstić information content (AvgIpc) is 2.78. The van der Waals surface area contributed by atoms with Crippen LogP contribution < -0.4 is 14.2 Å². The minimum Gasteiger partial charge on any atom is -0.493 e. The molecule has 0 aliphatic rings. The van der Waals surface area contributed by atoms with E-state index in [1.54, 1.807) is 12.1 Å². The number of sulfonamides is 1. The standard InChI is InChI=1S/C22H21NO6S/c1-27-20-13-18(22(24)29-3)19(14-21(20)28-2)23-30(25,26)17-11-9-16(10-12-17)15-7-5-4-6-8-15/h4-14,23H,1-3H3. The van der Waals surface area contributed by atoms with E-state index in [2.05, 4.69) is 4.72 Å². The minimum atomic E-state index is -3.98. The van der Waals surface area contributed by atoms with Gasteiger partial charge in [-0.2, -0.15) is 0 Å². The number of hydrogen-bond acceptors (Lipinski definition) is 6. The molecule has 8 heteroatoms. The van der Waals surface area contributed by atoms with Crippen LogP contribution in [0.2, 0.25) is 0 Å². The molecule has 7 nitrogen and oxygen atoms in total. The molecule has 3 aromatic rings. The molecule has 0 saturated carbocycles. The van der Waals surface area contributed by atoms with Crippen molar-refractivity contribution in [1.82, 2.24) is 0 Å². The zero-order chi connectivity index (χ0) is 21.7. The van der Waals surface area contributed by atoms with Gasteiger partial charge < -0.3 is 14.2 Å². The van der Waals surface area contributed by atoms with Crippen LogP contribution in [0.15, 0.2) is 71.6 Å². The average molecular weight is 427 g/mol. The molecule has 156 valence electrons. The predicted molar refractivity (Wildman–Crippen MR) is 114 cm³/mol. The number of methoxy groups -OCH3 is 3. The van der Waals surface area contributed by atoms with Gasteiger partial charge in [0.25, 0.3) is 10.0 Å². The van der Waals surface area contributed by atoms with Crippen molar-refractivity contribution in [3.05, 3.63) is 72.3 Å². The molecule has 0 amide bonds. The molecule has 0 atom stereocenters. The van der Waals surface area contributed by atoms with E-state index in [0.29, 0.717) is 0 Å². The van der Waals surface area contributed by atoms with Crippen LogP contribution in [0.4, 0.5) is 5.69 Å². The molecule has 0 spiro atoms. The van der Waals surface area contributed by atoms with Crippen LogP contribution in [0.3, 0.4) is 0 Å². The topological polar surface area (TPSA) is 90.9 Å². The Labute approximate surface area is 175 Å². The summed E-state index contributed by atoms with van der Waals surface area (Å²) in [7, 11) is 0.0594. The van der Waals surface area contributed by atoms with Crippen molar-refractivity contribution in [3.8, 4) is 22.6 Å². The van der Waals surface area contributed by atoms with Gasteiger partial charge in [0.1, 0.15) is 0 Å². The van der Waals surface area contributed by atoms with Crippen molar-refractivity contribution in [1.29, 1.82) is 0 Å². The summed E-state index contributed by atoms with van der Waals surface area (Å²) >= 11 is 0. The number of carbonyl (C=O) groups excluding carboxylic acids is 1. The van der Waals surface area contributed by atoms with E-state index in [-0.39, 0.29) is 27.6 Å². The lowest BCUT2D eigenvalue weighted by Gasteiger charge is -2.15. The number of nitrogens with one attached hydrogen (secondary N) is 1. The second-order valence-electron chi connectivity index (χ2n) is 6.24. The Morgan fingerprint density at radius 3 is 1.93 bits per heavy atom. The molecule has 0 heterocycles. The van der Waals surface area contributed by atoms with Crippen molar-refractivity contribution in [3.63, 3.8) is 0 Å². The molecule has 0 unspecified atom stereocenters. The molecule has 0 fully saturated rings. The third-order valence-corrected chi connectivity index (χ3v) is 5.83. The van der Waals surface area contributed by atoms with Crippen LogP contribution in [-0.4, -0.2) is 35.7 Å². The first-order valence-electron chi connectivity index (χ1n) is 8.92. The molecule has 0 bridgehead atoms. The summed E-state index contributed by atoms with van der Waals surface area (Å²) in [6, 6.07) is 18.8. The molecule has 1 N–H and O–H groups in total. The van der Waals surface area contributed by atoms with Crippen LogP contribution in [0.25, 0.3) is 11.1 Å². The minimum absolute atomic E-state index is 0.000342. The molecule has 0 aliphatic heterocycles. The van der Waals surface area contributed by atoms with Gasteiger partial charge in [-0.1, -0.05) is 42.5 Å². The van der Waals surface area contributed by atoms with Crippen LogP contribution in [0.1, 0.15) is 10.4 Å². The molecule has 3 rings (SSSR count). The highest BCUT2D eigenvalue weighted by molar-refractivity contribution is 7.92. The van der Waals surface area contributed by atoms with Gasteiger partial charge in [0.2, 0.25) is 0 Å². The van der Waals surface area contributed by atoms with E-state index in [9.17, 15) is 13.2 Å². The quantitative estimate of drug-likeness (QED) is 0.574. The zero-order valence-electron chi connectivity index (χ0n) is 16.7. The summed E-state index contributed by atoms with van der Waals surface area (Å²) in [4.78, 5) is 12.2. The summed E-state index contributed by atoms with van der Waals surface area (Å²) in [5.41, 5.74) is 1.88. The Hall–Kier alpha value is -3.52. The largest absolute Gasteiger partial charge is 0.493 e. The van der Waals surface area contributed by atoms with Crippen molar-refractivity contribution >= 4 is 21.7 Å². The van der Waals surface area contributed by atoms with E-state index < -0.39 is 16.0 Å². The lowest BCUT2D eigenvalue weighted by molar-refractivity contribution is 0.0601. The molecule has 0 saturated heterocycles. The lowest BCUT2D eigenvalue weighted by Crippen LogP contribution is -2.16. The fraction of sp³-hybridized carbons (Fsp3) is 0.136. The molecule has 0 aromatic heterocycles. The maximum atomic E-state index is 12.9. The number of esters is 1. The van der Waals surface area contributed by atoms with E-state index >= 15 is 0 Å². The van der Waals surface area contributed by atoms with Crippen LogP contribution >= 0.6 is 0 Å². The molecule has 0 radical (unpaired) electrons. The van der Waals surface area contributed by atoms with Gasteiger partial charge in [-0.05, 0) is 23.3 Å². The van der Waals surface area contributed by atoms with Crippen LogP contribution in [0, 0.1) is 0 Å². The Kier molecular flexibility index (Phi) is 6.27. The van der Waals surface area contributed by atoms with E-state index in [4.69, 9.17) is 14.2 Å². The predicted octanol–water partition coefficient (Wildman–Crippen LogP) is 3.96.